The summed E-state index contributed by atoms with van der Waals surface area (Å²) in [6.45, 7) is 5.24. The van der Waals surface area contributed by atoms with E-state index in [2.05, 4.69) is 4.90 Å². The van der Waals surface area contributed by atoms with E-state index in [9.17, 15) is 4.79 Å². The van der Waals surface area contributed by atoms with Gasteiger partial charge in [0.05, 0.1) is 0 Å². The first-order valence-electron chi connectivity index (χ1n) is 7.70. The molecule has 1 aromatic carbocycles. The molecule has 2 N–H and O–H groups in total. The molecule has 7 heteroatoms. The number of hydrogen-bond donors (Lipinski definition) is 1. The summed E-state index contributed by atoms with van der Waals surface area (Å²) in [7, 11) is 0. The van der Waals surface area contributed by atoms with E-state index in [1.54, 1.807) is 12.1 Å². The lowest BCUT2D eigenvalue weighted by atomic mass is 10.1. The zero-order chi connectivity index (χ0) is 14.7. The van der Waals surface area contributed by atoms with Crippen LogP contribution >= 0.6 is 24.8 Å². The van der Waals surface area contributed by atoms with Gasteiger partial charge in [-0.15, -0.1) is 24.8 Å². The van der Waals surface area contributed by atoms with E-state index in [0.717, 1.165) is 52.2 Å². The van der Waals surface area contributed by atoms with Gasteiger partial charge in [0.2, 0.25) is 0 Å². The predicted molar refractivity (Wildman–Crippen MR) is 96.7 cm³/mol. The molecule has 2 heterocycles. The quantitative estimate of drug-likeness (QED) is 0.819. The number of carbonyl (C=O) groups is 1. The number of halogens is 2. The molecule has 0 atom stereocenters. The normalized spacial score (nSPS) is 19.6. The molecule has 0 spiro atoms. The smallest absolute Gasteiger partial charge is 0.254 e. The monoisotopic (exact) mass is 361 g/mol. The number of carbonyl (C=O) groups excluding carboxylic acids is 1. The summed E-state index contributed by atoms with van der Waals surface area (Å²) in [6.07, 6.45) is 2.23. The Morgan fingerprint density at radius 2 is 1.74 bits per heavy atom. The summed E-state index contributed by atoms with van der Waals surface area (Å²) in [5.74, 6) is 0.0916. The van der Waals surface area contributed by atoms with Gasteiger partial charge < -0.3 is 15.4 Å². The maximum atomic E-state index is 12.5. The topological polar surface area (TPSA) is 58.8 Å². The number of nitrogens with zero attached hydrogens (tertiary/aromatic N) is 2. The molecule has 0 aromatic heterocycles. The first-order chi connectivity index (χ1) is 10.2. The van der Waals surface area contributed by atoms with Crippen molar-refractivity contribution >= 4 is 36.4 Å². The van der Waals surface area contributed by atoms with Crippen LogP contribution in [0, 0.1) is 0 Å². The lowest BCUT2D eigenvalue weighted by Crippen LogP contribution is -2.53. The lowest BCUT2D eigenvalue weighted by Gasteiger charge is -2.40. The van der Waals surface area contributed by atoms with Gasteiger partial charge in [0.1, 0.15) is 0 Å². The van der Waals surface area contributed by atoms with Crippen LogP contribution < -0.4 is 5.73 Å². The number of hydrogen-bond acceptors (Lipinski definition) is 4. The first-order valence-corrected chi connectivity index (χ1v) is 7.70. The molecule has 2 aliphatic heterocycles. The third-order valence-electron chi connectivity index (χ3n) is 4.44. The van der Waals surface area contributed by atoms with Crippen LogP contribution in [0.15, 0.2) is 24.3 Å². The first kappa shape index (κ1) is 20.0. The molecule has 3 rings (SSSR count). The second kappa shape index (κ2) is 9.33. The summed E-state index contributed by atoms with van der Waals surface area (Å²) in [6, 6.07) is 7.86. The van der Waals surface area contributed by atoms with Crippen molar-refractivity contribution in [3.63, 3.8) is 0 Å². The summed E-state index contributed by atoms with van der Waals surface area (Å²) < 4.78 is 5.42. The average Bonchev–Trinajstić information content (AvgIpc) is 2.55. The molecular formula is C16H25Cl2N3O2. The number of amides is 1. The van der Waals surface area contributed by atoms with Crippen molar-refractivity contribution in [1.82, 2.24) is 9.80 Å². The number of anilines is 1. The van der Waals surface area contributed by atoms with Crippen LogP contribution in [-0.2, 0) is 4.74 Å². The highest BCUT2D eigenvalue weighted by atomic mass is 35.5. The van der Waals surface area contributed by atoms with Crippen molar-refractivity contribution in [2.24, 2.45) is 0 Å². The Balaban J connectivity index is 0.00000132. The van der Waals surface area contributed by atoms with Crippen LogP contribution in [0.4, 0.5) is 5.69 Å². The minimum absolute atomic E-state index is 0. The average molecular weight is 362 g/mol. The van der Waals surface area contributed by atoms with E-state index in [0.29, 0.717) is 17.3 Å². The standard InChI is InChI=1S/C16H23N3O2.2ClH/c17-14-3-1-2-13(12-14)16(20)19-8-6-18(7-9-19)15-4-10-21-11-5-15;;/h1-3,12,15H,4-11,17H2;2*1H. The third kappa shape index (κ3) is 4.98. The molecule has 2 fully saturated rings. The number of nitrogen functional groups attached to an aromatic ring is 1. The van der Waals surface area contributed by atoms with Crippen molar-refractivity contribution in [2.45, 2.75) is 18.9 Å². The van der Waals surface area contributed by atoms with Crippen molar-refractivity contribution in [3.8, 4) is 0 Å². The zero-order valence-electron chi connectivity index (χ0n) is 13.1. The molecule has 1 amide bonds. The van der Waals surface area contributed by atoms with E-state index >= 15 is 0 Å². The molecule has 1 aromatic rings. The minimum Gasteiger partial charge on any atom is -0.399 e. The molecule has 0 bridgehead atoms. The molecule has 0 radical (unpaired) electrons. The van der Waals surface area contributed by atoms with Gasteiger partial charge in [-0.1, -0.05) is 6.07 Å². The van der Waals surface area contributed by atoms with Gasteiger partial charge in [0.15, 0.2) is 0 Å². The minimum atomic E-state index is 0. The second-order valence-electron chi connectivity index (χ2n) is 5.80. The van der Waals surface area contributed by atoms with E-state index in [1.807, 2.05) is 17.0 Å². The Morgan fingerprint density at radius 3 is 2.35 bits per heavy atom. The number of rotatable bonds is 2. The summed E-state index contributed by atoms with van der Waals surface area (Å²) in [5, 5.41) is 0. The number of nitrogens with two attached hydrogens (primary N) is 1. The van der Waals surface area contributed by atoms with Gasteiger partial charge in [0, 0.05) is 56.7 Å². The molecule has 5 nitrogen and oxygen atoms in total. The third-order valence-corrected chi connectivity index (χ3v) is 4.44. The summed E-state index contributed by atoms with van der Waals surface area (Å²) in [4.78, 5) is 16.9. The highest BCUT2D eigenvalue weighted by Crippen LogP contribution is 2.18. The fourth-order valence-electron chi connectivity index (χ4n) is 3.19. The lowest BCUT2D eigenvalue weighted by molar-refractivity contribution is 0.0137. The molecule has 0 unspecified atom stereocenters. The SMILES string of the molecule is Cl.Cl.Nc1cccc(C(=O)N2CCN(C3CCOCC3)CC2)c1. The van der Waals surface area contributed by atoms with Crippen molar-refractivity contribution < 1.29 is 9.53 Å². The van der Waals surface area contributed by atoms with Crippen LogP contribution in [0.1, 0.15) is 23.2 Å². The van der Waals surface area contributed by atoms with Crippen molar-refractivity contribution in [2.75, 3.05) is 45.1 Å². The van der Waals surface area contributed by atoms with Crippen LogP contribution in [-0.4, -0.2) is 61.1 Å². The van der Waals surface area contributed by atoms with Gasteiger partial charge >= 0.3 is 0 Å². The Labute approximate surface area is 150 Å². The second-order valence-corrected chi connectivity index (χ2v) is 5.80. The Morgan fingerprint density at radius 1 is 1.09 bits per heavy atom. The van der Waals surface area contributed by atoms with Crippen LogP contribution in [0.3, 0.4) is 0 Å². The van der Waals surface area contributed by atoms with Gasteiger partial charge in [-0.2, -0.15) is 0 Å². The summed E-state index contributed by atoms with van der Waals surface area (Å²) in [5.41, 5.74) is 7.08. The fourth-order valence-corrected chi connectivity index (χ4v) is 3.19. The van der Waals surface area contributed by atoms with Crippen LogP contribution in [0.5, 0.6) is 0 Å². The van der Waals surface area contributed by atoms with E-state index in [4.69, 9.17) is 10.5 Å². The highest BCUT2D eigenvalue weighted by molar-refractivity contribution is 5.95. The van der Waals surface area contributed by atoms with Crippen LogP contribution in [0.2, 0.25) is 0 Å². The number of benzene rings is 1. The Hall–Kier alpha value is -1.01. The maximum Gasteiger partial charge on any atom is 0.254 e. The van der Waals surface area contributed by atoms with E-state index in [1.165, 1.54) is 0 Å². The van der Waals surface area contributed by atoms with Gasteiger partial charge in [0.25, 0.3) is 5.91 Å². The Kier molecular flexibility index (Phi) is 8.12. The molecule has 130 valence electrons. The molecule has 0 aliphatic carbocycles. The number of ether oxygens (including phenoxy) is 1. The van der Waals surface area contributed by atoms with E-state index in [-0.39, 0.29) is 30.7 Å². The molecular weight excluding hydrogens is 337 g/mol. The Bertz CT molecular complexity index is 502. The van der Waals surface area contributed by atoms with Gasteiger partial charge in [-0.3, -0.25) is 9.69 Å². The largest absolute Gasteiger partial charge is 0.399 e. The number of piperazine rings is 1. The molecule has 0 saturated carbocycles. The molecule has 2 saturated heterocycles. The summed E-state index contributed by atoms with van der Waals surface area (Å²) >= 11 is 0. The molecule has 2 aliphatic rings. The molecule has 23 heavy (non-hydrogen) atoms. The fraction of sp³-hybridized carbons (Fsp3) is 0.562. The van der Waals surface area contributed by atoms with Crippen LogP contribution in [0.25, 0.3) is 0 Å². The zero-order valence-corrected chi connectivity index (χ0v) is 14.8. The highest BCUT2D eigenvalue weighted by Gasteiger charge is 2.27. The van der Waals surface area contributed by atoms with Gasteiger partial charge in [-0.05, 0) is 31.0 Å². The van der Waals surface area contributed by atoms with Crippen molar-refractivity contribution in [1.29, 1.82) is 0 Å². The predicted octanol–water partition coefficient (Wildman–Crippen LogP) is 2.05. The van der Waals surface area contributed by atoms with E-state index < -0.39 is 0 Å². The van der Waals surface area contributed by atoms with Crippen molar-refractivity contribution in [3.05, 3.63) is 29.8 Å². The van der Waals surface area contributed by atoms with Gasteiger partial charge in [-0.25, -0.2) is 0 Å². The maximum absolute atomic E-state index is 12.5.